The maximum Gasteiger partial charge on any atom is 0.163 e. The van der Waals surface area contributed by atoms with Gasteiger partial charge in [0.1, 0.15) is 18.5 Å². The molecule has 1 atom stereocenters. The maximum absolute atomic E-state index is 11.7. The number of ether oxygens (including phenoxy) is 1. The zero-order valence-corrected chi connectivity index (χ0v) is 16.0. The number of carbonyl (C=O) groups excluding carboxylic acids is 1. The first kappa shape index (κ1) is 19.9. The SMILES string of the molecule is CC(=O)c1ccccc1OCC(O)CN1C(C)(C)CC(O)CC1(C)C. The molecule has 0 radical (unpaired) electrons. The normalized spacial score (nSPS) is 21.7. The van der Waals surface area contributed by atoms with Crippen molar-refractivity contribution in [1.29, 1.82) is 0 Å². The minimum Gasteiger partial charge on any atom is -0.490 e. The van der Waals surface area contributed by atoms with E-state index in [0.717, 1.165) is 0 Å². The second-order valence-electron chi connectivity index (χ2n) is 8.31. The molecule has 2 rings (SSSR count). The molecule has 0 aliphatic carbocycles. The predicted octanol–water partition coefficient (Wildman–Crippen LogP) is 2.64. The summed E-state index contributed by atoms with van der Waals surface area (Å²) < 4.78 is 5.71. The molecule has 1 aliphatic rings. The van der Waals surface area contributed by atoms with Crippen molar-refractivity contribution in [2.24, 2.45) is 0 Å². The summed E-state index contributed by atoms with van der Waals surface area (Å²) in [7, 11) is 0. The van der Waals surface area contributed by atoms with Crippen LogP contribution >= 0.6 is 0 Å². The third kappa shape index (κ3) is 4.81. The molecule has 25 heavy (non-hydrogen) atoms. The molecule has 0 spiro atoms. The van der Waals surface area contributed by atoms with Gasteiger partial charge in [0, 0.05) is 17.6 Å². The van der Waals surface area contributed by atoms with Gasteiger partial charge in [-0.1, -0.05) is 12.1 Å². The van der Waals surface area contributed by atoms with E-state index < -0.39 is 6.10 Å². The molecular formula is C20H31NO4. The van der Waals surface area contributed by atoms with Crippen molar-refractivity contribution >= 4 is 5.78 Å². The summed E-state index contributed by atoms with van der Waals surface area (Å²) in [4.78, 5) is 13.9. The van der Waals surface area contributed by atoms with Crippen molar-refractivity contribution < 1.29 is 19.7 Å². The number of β-amino-alcohol motifs (C(OH)–C–C–N with tert-alkyl or cyclic N) is 1. The van der Waals surface area contributed by atoms with Crippen LogP contribution in [-0.4, -0.2) is 57.3 Å². The van der Waals surface area contributed by atoms with Crippen molar-refractivity contribution in [2.45, 2.75) is 70.7 Å². The molecule has 0 amide bonds. The molecule has 1 aliphatic heterocycles. The number of hydrogen-bond donors (Lipinski definition) is 2. The Bertz CT molecular complexity index is 593. The zero-order valence-electron chi connectivity index (χ0n) is 16.0. The number of nitrogens with zero attached hydrogens (tertiary/aromatic N) is 1. The van der Waals surface area contributed by atoms with Gasteiger partial charge < -0.3 is 14.9 Å². The molecule has 0 aromatic heterocycles. The lowest BCUT2D eigenvalue weighted by Crippen LogP contribution is -2.63. The topological polar surface area (TPSA) is 70.0 Å². The number of rotatable bonds is 6. The number of aliphatic hydroxyl groups excluding tert-OH is 2. The van der Waals surface area contributed by atoms with Crippen molar-refractivity contribution in [3.05, 3.63) is 29.8 Å². The minimum atomic E-state index is -0.686. The van der Waals surface area contributed by atoms with Gasteiger partial charge in [0.05, 0.1) is 11.7 Å². The van der Waals surface area contributed by atoms with Crippen molar-refractivity contribution in [3.63, 3.8) is 0 Å². The van der Waals surface area contributed by atoms with Crippen LogP contribution in [0.1, 0.15) is 57.8 Å². The third-order valence-electron chi connectivity index (χ3n) is 5.02. The Kier molecular flexibility index (Phi) is 5.92. The van der Waals surface area contributed by atoms with Crippen LogP contribution in [0.3, 0.4) is 0 Å². The lowest BCUT2D eigenvalue weighted by Gasteiger charge is -2.54. The Morgan fingerprint density at radius 1 is 1.24 bits per heavy atom. The summed E-state index contributed by atoms with van der Waals surface area (Å²) in [6.45, 7) is 10.4. The average molecular weight is 349 g/mol. The van der Waals surface area contributed by atoms with Gasteiger partial charge in [-0.05, 0) is 59.6 Å². The van der Waals surface area contributed by atoms with Crippen LogP contribution in [0.5, 0.6) is 5.75 Å². The molecule has 5 nitrogen and oxygen atoms in total. The van der Waals surface area contributed by atoms with Gasteiger partial charge in [0.2, 0.25) is 0 Å². The molecule has 1 saturated heterocycles. The second kappa shape index (κ2) is 7.44. The van der Waals surface area contributed by atoms with E-state index in [4.69, 9.17) is 4.74 Å². The summed E-state index contributed by atoms with van der Waals surface area (Å²) >= 11 is 0. The van der Waals surface area contributed by atoms with Crippen LogP contribution in [0.25, 0.3) is 0 Å². The van der Waals surface area contributed by atoms with E-state index in [1.54, 1.807) is 18.2 Å². The molecule has 1 unspecified atom stereocenters. The van der Waals surface area contributed by atoms with E-state index >= 15 is 0 Å². The quantitative estimate of drug-likeness (QED) is 0.773. The highest BCUT2D eigenvalue weighted by atomic mass is 16.5. The third-order valence-corrected chi connectivity index (χ3v) is 5.02. The smallest absolute Gasteiger partial charge is 0.163 e. The van der Waals surface area contributed by atoms with Gasteiger partial charge in [-0.15, -0.1) is 0 Å². The van der Waals surface area contributed by atoms with Crippen LogP contribution in [0.2, 0.25) is 0 Å². The van der Waals surface area contributed by atoms with E-state index in [2.05, 4.69) is 32.6 Å². The number of piperidine rings is 1. The second-order valence-corrected chi connectivity index (χ2v) is 8.31. The van der Waals surface area contributed by atoms with Crippen LogP contribution in [0, 0.1) is 0 Å². The zero-order chi connectivity index (χ0) is 18.8. The maximum atomic E-state index is 11.7. The van der Waals surface area contributed by atoms with Gasteiger partial charge in [0.15, 0.2) is 5.78 Å². The molecule has 1 aromatic carbocycles. The molecule has 2 N–H and O–H groups in total. The Morgan fingerprint density at radius 3 is 2.36 bits per heavy atom. The fraction of sp³-hybridized carbons (Fsp3) is 0.650. The molecule has 140 valence electrons. The van der Waals surface area contributed by atoms with Crippen molar-refractivity contribution in [3.8, 4) is 5.75 Å². The van der Waals surface area contributed by atoms with Crippen LogP contribution in [0.15, 0.2) is 24.3 Å². The number of Topliss-reactive ketones (excluding diaryl/α,β-unsaturated/α-hetero) is 1. The summed E-state index contributed by atoms with van der Waals surface area (Å²) in [5.41, 5.74) is 0.107. The van der Waals surface area contributed by atoms with Gasteiger partial charge >= 0.3 is 0 Å². The highest BCUT2D eigenvalue weighted by molar-refractivity contribution is 5.96. The van der Waals surface area contributed by atoms with Gasteiger partial charge in [0.25, 0.3) is 0 Å². The fourth-order valence-corrected chi connectivity index (χ4v) is 4.09. The monoisotopic (exact) mass is 349 g/mol. The first-order chi connectivity index (χ1) is 11.5. The number of aliphatic hydroxyl groups is 2. The summed E-state index contributed by atoms with van der Waals surface area (Å²) in [6, 6.07) is 7.08. The highest BCUT2D eigenvalue weighted by Gasteiger charge is 2.45. The number of hydrogen-bond acceptors (Lipinski definition) is 5. The summed E-state index contributed by atoms with van der Waals surface area (Å²) in [5, 5.41) is 20.6. The standard InChI is InChI=1S/C20H31NO4/c1-14(22)17-8-6-7-9-18(17)25-13-16(24)12-21-19(2,3)10-15(23)11-20(21,4)5/h6-9,15-16,23-24H,10-13H2,1-5H3. The molecule has 5 heteroatoms. The van der Waals surface area contributed by atoms with E-state index in [0.29, 0.717) is 30.7 Å². The molecule has 1 fully saturated rings. The Hall–Kier alpha value is -1.43. The van der Waals surface area contributed by atoms with Crippen LogP contribution < -0.4 is 4.74 Å². The molecule has 1 aromatic rings. The Labute approximate surface area is 150 Å². The van der Waals surface area contributed by atoms with E-state index in [-0.39, 0.29) is 29.6 Å². The van der Waals surface area contributed by atoms with Gasteiger partial charge in [-0.25, -0.2) is 0 Å². The number of carbonyl (C=O) groups is 1. The molecular weight excluding hydrogens is 318 g/mol. The minimum absolute atomic E-state index is 0.0580. The van der Waals surface area contributed by atoms with E-state index in [1.807, 2.05) is 6.07 Å². The van der Waals surface area contributed by atoms with E-state index in [1.165, 1.54) is 6.92 Å². The number of likely N-dealkylation sites (tertiary alicyclic amines) is 1. The van der Waals surface area contributed by atoms with E-state index in [9.17, 15) is 15.0 Å². The van der Waals surface area contributed by atoms with Crippen molar-refractivity contribution in [2.75, 3.05) is 13.2 Å². The lowest BCUT2D eigenvalue weighted by molar-refractivity contribution is -0.1000. The molecule has 0 saturated carbocycles. The fourth-order valence-electron chi connectivity index (χ4n) is 4.09. The Morgan fingerprint density at radius 2 is 1.80 bits per heavy atom. The first-order valence-electron chi connectivity index (χ1n) is 8.89. The molecule has 0 bridgehead atoms. The summed E-state index contributed by atoms with van der Waals surface area (Å²) in [6.07, 6.45) is 0.347. The van der Waals surface area contributed by atoms with Crippen LogP contribution in [0.4, 0.5) is 0 Å². The number of para-hydroxylation sites is 1. The predicted molar refractivity (Wildman–Crippen MR) is 98.1 cm³/mol. The highest BCUT2D eigenvalue weighted by Crippen LogP contribution is 2.38. The number of benzene rings is 1. The van der Waals surface area contributed by atoms with Gasteiger partial charge in [-0.2, -0.15) is 0 Å². The summed E-state index contributed by atoms with van der Waals surface area (Å²) in [5.74, 6) is 0.444. The largest absolute Gasteiger partial charge is 0.490 e. The van der Waals surface area contributed by atoms with Gasteiger partial charge in [-0.3, -0.25) is 9.69 Å². The lowest BCUT2D eigenvalue weighted by atomic mass is 9.78. The number of ketones is 1. The molecule has 1 heterocycles. The first-order valence-corrected chi connectivity index (χ1v) is 8.89. The average Bonchev–Trinajstić information content (AvgIpc) is 2.48. The van der Waals surface area contributed by atoms with Crippen LogP contribution in [-0.2, 0) is 0 Å². The Balaban J connectivity index is 2.02. The van der Waals surface area contributed by atoms with Crippen molar-refractivity contribution in [1.82, 2.24) is 4.90 Å².